The molecule has 0 radical (unpaired) electrons. The summed E-state index contributed by atoms with van der Waals surface area (Å²) in [7, 11) is 0. The molecule has 0 aliphatic heterocycles. The molecule has 62 valence electrons. The van der Waals surface area contributed by atoms with E-state index < -0.39 is 0 Å². The van der Waals surface area contributed by atoms with Crippen LogP contribution in [0.4, 0.5) is 4.39 Å². The van der Waals surface area contributed by atoms with Crippen molar-refractivity contribution in [2.45, 2.75) is 0 Å². The number of hydrogen-bond acceptors (Lipinski definition) is 0. The highest BCUT2D eigenvalue weighted by Crippen LogP contribution is 2.36. The van der Waals surface area contributed by atoms with Crippen LogP contribution in [0, 0.1) is 0 Å². The molecule has 1 aliphatic carbocycles. The van der Waals surface area contributed by atoms with Crippen molar-refractivity contribution in [1.29, 1.82) is 0 Å². The molecule has 0 unspecified atom stereocenters. The first-order valence-corrected chi connectivity index (χ1v) is 4.25. The zero-order valence-electron chi connectivity index (χ0n) is 6.92. The van der Waals surface area contributed by atoms with Crippen molar-refractivity contribution >= 4 is 22.7 Å². The monoisotopic (exact) mass is 170 g/mol. The standard InChI is InChI=1S/C12H7F/c13-11-7-9-5-1-3-8-4-2-6-10(11)12(8)9/h1-7H. The predicted octanol–water partition coefficient (Wildman–Crippen LogP) is 3.62. The van der Waals surface area contributed by atoms with E-state index in [0.717, 1.165) is 21.9 Å². The first-order valence-electron chi connectivity index (χ1n) is 4.25. The third-order valence-corrected chi connectivity index (χ3v) is 2.48. The molecule has 2 aromatic carbocycles. The summed E-state index contributed by atoms with van der Waals surface area (Å²) in [6.45, 7) is 0. The van der Waals surface area contributed by atoms with Crippen LogP contribution < -0.4 is 0 Å². The Labute approximate surface area is 75.3 Å². The Morgan fingerprint density at radius 1 is 0.923 bits per heavy atom. The van der Waals surface area contributed by atoms with Crippen LogP contribution in [0.3, 0.4) is 0 Å². The van der Waals surface area contributed by atoms with E-state index in [9.17, 15) is 4.39 Å². The van der Waals surface area contributed by atoms with Crippen molar-refractivity contribution in [3.8, 4) is 0 Å². The molecule has 0 N–H and O–H groups in total. The summed E-state index contributed by atoms with van der Waals surface area (Å²) in [5, 5.41) is 2.15. The Balaban J connectivity index is 2.59. The quantitative estimate of drug-likeness (QED) is 0.566. The van der Waals surface area contributed by atoms with Crippen molar-refractivity contribution in [2.75, 3.05) is 0 Å². The largest absolute Gasteiger partial charge is 0.206 e. The zero-order valence-corrected chi connectivity index (χ0v) is 6.92. The molecule has 0 saturated carbocycles. The molecule has 0 fully saturated rings. The van der Waals surface area contributed by atoms with Crippen molar-refractivity contribution in [3.05, 3.63) is 47.5 Å². The second kappa shape index (κ2) is 2.19. The molecule has 0 aromatic heterocycles. The second-order valence-electron chi connectivity index (χ2n) is 3.24. The van der Waals surface area contributed by atoms with Crippen LogP contribution in [0.2, 0.25) is 0 Å². The van der Waals surface area contributed by atoms with Crippen molar-refractivity contribution < 1.29 is 4.39 Å². The predicted molar refractivity (Wildman–Crippen MR) is 52.9 cm³/mol. The van der Waals surface area contributed by atoms with E-state index in [4.69, 9.17) is 0 Å². The van der Waals surface area contributed by atoms with Crippen molar-refractivity contribution in [3.63, 3.8) is 0 Å². The van der Waals surface area contributed by atoms with Gasteiger partial charge in [0.05, 0.1) is 0 Å². The van der Waals surface area contributed by atoms with Gasteiger partial charge in [0.1, 0.15) is 5.83 Å². The van der Waals surface area contributed by atoms with Crippen LogP contribution in [0.15, 0.2) is 36.4 Å². The van der Waals surface area contributed by atoms with Gasteiger partial charge in [0, 0.05) is 5.56 Å². The highest BCUT2D eigenvalue weighted by molar-refractivity contribution is 6.07. The van der Waals surface area contributed by atoms with Crippen LogP contribution in [-0.4, -0.2) is 0 Å². The lowest BCUT2D eigenvalue weighted by molar-refractivity contribution is 0.769. The Morgan fingerprint density at radius 2 is 1.69 bits per heavy atom. The first-order chi connectivity index (χ1) is 6.36. The van der Waals surface area contributed by atoms with Gasteiger partial charge in [0.2, 0.25) is 0 Å². The fourth-order valence-electron chi connectivity index (χ4n) is 1.90. The van der Waals surface area contributed by atoms with E-state index in [-0.39, 0.29) is 5.83 Å². The highest BCUT2D eigenvalue weighted by atomic mass is 19.1. The number of benzene rings is 2. The van der Waals surface area contributed by atoms with Crippen LogP contribution in [-0.2, 0) is 0 Å². The van der Waals surface area contributed by atoms with Crippen LogP contribution in [0.5, 0.6) is 0 Å². The summed E-state index contributed by atoms with van der Waals surface area (Å²) in [5.41, 5.74) is 1.72. The smallest absolute Gasteiger partial charge is 0.131 e. The number of halogens is 1. The second-order valence-corrected chi connectivity index (χ2v) is 3.24. The van der Waals surface area contributed by atoms with Gasteiger partial charge >= 0.3 is 0 Å². The molecule has 1 aliphatic rings. The minimum Gasteiger partial charge on any atom is -0.206 e. The summed E-state index contributed by atoms with van der Waals surface area (Å²) < 4.78 is 13.4. The van der Waals surface area contributed by atoms with Gasteiger partial charge in [0.15, 0.2) is 0 Å². The molecule has 1 heteroatoms. The van der Waals surface area contributed by atoms with E-state index in [1.165, 1.54) is 0 Å². The molecule has 0 heterocycles. The Bertz CT molecular complexity index is 518. The molecule has 3 rings (SSSR count). The maximum absolute atomic E-state index is 13.4. The number of rotatable bonds is 0. The van der Waals surface area contributed by atoms with Crippen LogP contribution in [0.1, 0.15) is 11.1 Å². The van der Waals surface area contributed by atoms with Crippen LogP contribution in [0.25, 0.3) is 22.7 Å². The van der Waals surface area contributed by atoms with Gasteiger partial charge in [-0.05, 0) is 22.4 Å². The van der Waals surface area contributed by atoms with Gasteiger partial charge in [-0.15, -0.1) is 0 Å². The topological polar surface area (TPSA) is 0 Å². The lowest BCUT2D eigenvalue weighted by Gasteiger charge is -1.99. The average Bonchev–Trinajstić information content (AvgIpc) is 2.47. The summed E-state index contributed by atoms with van der Waals surface area (Å²) in [6, 6.07) is 11.6. The van der Waals surface area contributed by atoms with Gasteiger partial charge < -0.3 is 0 Å². The van der Waals surface area contributed by atoms with Crippen LogP contribution >= 0.6 is 0 Å². The van der Waals surface area contributed by atoms with Crippen molar-refractivity contribution in [2.24, 2.45) is 0 Å². The first kappa shape index (κ1) is 6.84. The third-order valence-electron chi connectivity index (χ3n) is 2.48. The maximum atomic E-state index is 13.4. The zero-order chi connectivity index (χ0) is 8.84. The van der Waals surface area contributed by atoms with Gasteiger partial charge in [-0.1, -0.05) is 36.4 Å². The minimum atomic E-state index is -0.119. The Morgan fingerprint density at radius 3 is 2.54 bits per heavy atom. The van der Waals surface area contributed by atoms with E-state index in [2.05, 4.69) is 0 Å². The van der Waals surface area contributed by atoms with E-state index >= 15 is 0 Å². The molecule has 13 heavy (non-hydrogen) atoms. The molecule has 0 amide bonds. The average molecular weight is 170 g/mol. The minimum absolute atomic E-state index is 0.119. The van der Waals surface area contributed by atoms with Gasteiger partial charge in [-0.2, -0.15) is 0 Å². The van der Waals surface area contributed by atoms with E-state index in [0.29, 0.717) is 0 Å². The SMILES string of the molecule is FC1=Cc2cccc3cccc1c23. The lowest BCUT2D eigenvalue weighted by atomic mass is 10.0. The maximum Gasteiger partial charge on any atom is 0.131 e. The molecular weight excluding hydrogens is 163 g/mol. The fraction of sp³-hybridized carbons (Fsp3) is 0. The van der Waals surface area contributed by atoms with Gasteiger partial charge in [0.25, 0.3) is 0 Å². The fourth-order valence-corrected chi connectivity index (χ4v) is 1.90. The molecular formula is C12H7F. The summed E-state index contributed by atoms with van der Waals surface area (Å²) >= 11 is 0. The van der Waals surface area contributed by atoms with Gasteiger partial charge in [-0.25, -0.2) is 4.39 Å². The molecule has 0 atom stereocenters. The Kier molecular flexibility index (Phi) is 1.15. The molecule has 0 bridgehead atoms. The third kappa shape index (κ3) is 0.788. The van der Waals surface area contributed by atoms with E-state index in [1.54, 1.807) is 6.08 Å². The molecule has 2 aromatic rings. The van der Waals surface area contributed by atoms with Crippen molar-refractivity contribution in [1.82, 2.24) is 0 Å². The van der Waals surface area contributed by atoms with E-state index in [1.807, 2.05) is 36.4 Å². The lowest BCUT2D eigenvalue weighted by Crippen LogP contribution is -1.77. The summed E-state index contributed by atoms with van der Waals surface area (Å²) in [5.74, 6) is -0.119. The van der Waals surface area contributed by atoms with Gasteiger partial charge in [-0.3, -0.25) is 0 Å². The summed E-state index contributed by atoms with van der Waals surface area (Å²) in [4.78, 5) is 0. The summed E-state index contributed by atoms with van der Waals surface area (Å²) in [6.07, 6.45) is 1.59. The molecule has 0 saturated heterocycles. The number of hydrogen-bond donors (Lipinski definition) is 0. The highest BCUT2D eigenvalue weighted by Gasteiger charge is 2.14. The molecule has 0 nitrogen and oxygen atoms in total. The molecule has 0 spiro atoms. The Hall–Kier alpha value is -1.63. The normalized spacial score (nSPS) is 13.5.